The summed E-state index contributed by atoms with van der Waals surface area (Å²) < 4.78 is 5.76. The van der Waals surface area contributed by atoms with Crippen molar-refractivity contribution in [2.45, 2.75) is 45.8 Å². The van der Waals surface area contributed by atoms with Crippen molar-refractivity contribution >= 4 is 17.0 Å². The Balaban J connectivity index is 1.77. The zero-order chi connectivity index (χ0) is 14.8. The van der Waals surface area contributed by atoms with Crippen LogP contribution in [0.4, 0.5) is 5.69 Å². The van der Waals surface area contributed by atoms with Gasteiger partial charge in [0.05, 0.1) is 12.1 Å². The van der Waals surface area contributed by atoms with E-state index in [0.717, 1.165) is 11.7 Å². The summed E-state index contributed by atoms with van der Waals surface area (Å²) in [5.41, 5.74) is 2.46. The minimum absolute atomic E-state index is 0.216. The van der Waals surface area contributed by atoms with Gasteiger partial charge in [-0.15, -0.1) is 11.3 Å². The minimum Gasteiger partial charge on any atom is -0.491 e. The number of anilines is 1. The zero-order valence-corrected chi connectivity index (χ0v) is 13.7. The number of nitrogens with one attached hydrogen (secondary N) is 1. The van der Waals surface area contributed by atoms with Crippen LogP contribution in [0.25, 0.3) is 0 Å². The number of hydrogen-bond acceptors (Lipinski definition) is 3. The van der Waals surface area contributed by atoms with E-state index in [1.165, 1.54) is 29.0 Å². The normalized spacial score (nSPS) is 16.0. The second-order valence-electron chi connectivity index (χ2n) is 6.12. The highest BCUT2D eigenvalue weighted by Crippen LogP contribution is 2.44. The summed E-state index contributed by atoms with van der Waals surface area (Å²) in [4.78, 5) is 1.44. The summed E-state index contributed by atoms with van der Waals surface area (Å²) in [5, 5.41) is 5.91. The van der Waals surface area contributed by atoms with E-state index < -0.39 is 0 Å². The molecule has 1 fully saturated rings. The fourth-order valence-electron chi connectivity index (χ4n) is 2.63. The molecule has 2 aromatic rings. The molecule has 1 unspecified atom stereocenters. The quantitative estimate of drug-likeness (QED) is 0.770. The molecule has 1 heterocycles. The van der Waals surface area contributed by atoms with Crippen LogP contribution >= 0.6 is 11.3 Å². The zero-order valence-electron chi connectivity index (χ0n) is 12.9. The highest BCUT2D eigenvalue weighted by atomic mass is 32.1. The molecular weight excluding hydrogens is 278 g/mol. The molecule has 3 heteroatoms. The molecule has 0 aliphatic heterocycles. The van der Waals surface area contributed by atoms with Gasteiger partial charge in [0, 0.05) is 10.6 Å². The summed E-state index contributed by atoms with van der Waals surface area (Å²) in [6.45, 7) is 6.26. The molecule has 0 spiro atoms. The molecule has 0 bridgehead atoms. The van der Waals surface area contributed by atoms with Gasteiger partial charge in [-0.25, -0.2) is 0 Å². The third kappa shape index (κ3) is 3.59. The van der Waals surface area contributed by atoms with Gasteiger partial charge in [0.15, 0.2) is 0 Å². The average Bonchev–Trinajstić information content (AvgIpc) is 3.12. The maximum absolute atomic E-state index is 5.76. The van der Waals surface area contributed by atoms with Crippen LogP contribution in [0.15, 0.2) is 35.7 Å². The van der Waals surface area contributed by atoms with Crippen LogP contribution in [-0.4, -0.2) is 6.10 Å². The van der Waals surface area contributed by atoms with Gasteiger partial charge >= 0.3 is 0 Å². The second-order valence-corrected chi connectivity index (χ2v) is 7.10. The Hall–Kier alpha value is -1.48. The van der Waals surface area contributed by atoms with Crippen LogP contribution in [0, 0.1) is 12.8 Å². The Morgan fingerprint density at radius 3 is 2.62 bits per heavy atom. The number of aryl methyl sites for hydroxylation is 1. The van der Waals surface area contributed by atoms with Crippen LogP contribution in [0.5, 0.6) is 5.75 Å². The molecule has 21 heavy (non-hydrogen) atoms. The molecule has 1 atom stereocenters. The van der Waals surface area contributed by atoms with Gasteiger partial charge in [0.25, 0.3) is 0 Å². The molecule has 1 aromatic carbocycles. The molecule has 112 valence electrons. The average molecular weight is 301 g/mol. The molecule has 1 aliphatic carbocycles. The number of rotatable bonds is 6. The summed E-state index contributed by atoms with van der Waals surface area (Å²) in [6, 6.07) is 11.2. The molecule has 0 saturated heterocycles. The van der Waals surface area contributed by atoms with Crippen molar-refractivity contribution in [3.05, 3.63) is 46.2 Å². The first-order valence-electron chi connectivity index (χ1n) is 7.70. The first-order valence-corrected chi connectivity index (χ1v) is 8.58. The van der Waals surface area contributed by atoms with E-state index in [9.17, 15) is 0 Å². The summed E-state index contributed by atoms with van der Waals surface area (Å²) >= 11 is 1.85. The lowest BCUT2D eigenvalue weighted by Crippen LogP contribution is -2.12. The Kier molecular flexibility index (Phi) is 4.20. The van der Waals surface area contributed by atoms with Crippen molar-refractivity contribution in [1.82, 2.24) is 0 Å². The predicted octanol–water partition coefficient (Wildman–Crippen LogP) is 5.41. The first kappa shape index (κ1) is 14.5. The van der Waals surface area contributed by atoms with Crippen LogP contribution in [0.1, 0.15) is 43.2 Å². The van der Waals surface area contributed by atoms with Crippen molar-refractivity contribution in [3.63, 3.8) is 0 Å². The van der Waals surface area contributed by atoms with E-state index >= 15 is 0 Å². The molecule has 0 amide bonds. The number of ether oxygens (including phenoxy) is 1. The summed E-state index contributed by atoms with van der Waals surface area (Å²) in [5.74, 6) is 1.74. The summed E-state index contributed by atoms with van der Waals surface area (Å²) in [7, 11) is 0. The summed E-state index contributed by atoms with van der Waals surface area (Å²) in [6.07, 6.45) is 2.89. The van der Waals surface area contributed by atoms with Crippen LogP contribution in [-0.2, 0) is 0 Å². The van der Waals surface area contributed by atoms with E-state index in [2.05, 4.69) is 61.8 Å². The van der Waals surface area contributed by atoms with E-state index in [0.29, 0.717) is 6.04 Å². The van der Waals surface area contributed by atoms with Crippen LogP contribution in [0.2, 0.25) is 0 Å². The van der Waals surface area contributed by atoms with Crippen molar-refractivity contribution in [1.29, 1.82) is 0 Å². The van der Waals surface area contributed by atoms with Gasteiger partial charge < -0.3 is 10.1 Å². The third-order valence-electron chi connectivity index (χ3n) is 3.82. The molecule has 3 rings (SSSR count). The van der Waals surface area contributed by atoms with Crippen molar-refractivity contribution < 1.29 is 4.74 Å². The second kappa shape index (κ2) is 6.10. The number of hydrogen-bond donors (Lipinski definition) is 1. The van der Waals surface area contributed by atoms with E-state index in [-0.39, 0.29) is 6.10 Å². The van der Waals surface area contributed by atoms with E-state index in [1.54, 1.807) is 0 Å². The molecule has 1 N–H and O–H groups in total. The van der Waals surface area contributed by atoms with Gasteiger partial charge in [-0.05, 0) is 74.7 Å². The van der Waals surface area contributed by atoms with E-state index in [1.807, 2.05) is 11.3 Å². The monoisotopic (exact) mass is 301 g/mol. The Morgan fingerprint density at radius 2 is 2.05 bits per heavy atom. The van der Waals surface area contributed by atoms with Crippen LogP contribution in [0.3, 0.4) is 0 Å². The Bertz CT molecular complexity index is 587. The molecular formula is C18H23NOS. The third-order valence-corrected chi connectivity index (χ3v) is 4.78. The predicted molar refractivity (Wildman–Crippen MR) is 90.3 cm³/mol. The SMILES string of the molecule is Cc1cc(OC(C)C)ccc1NC(c1cccs1)C1CC1. The van der Waals surface area contributed by atoms with E-state index in [4.69, 9.17) is 4.74 Å². The van der Waals surface area contributed by atoms with Gasteiger partial charge in [-0.3, -0.25) is 0 Å². The number of benzene rings is 1. The standard InChI is InChI=1S/C18H23NOS/c1-12(2)20-15-8-9-16(13(3)11-15)19-18(14-6-7-14)17-5-4-10-21-17/h4-5,8-12,14,18-19H,6-7H2,1-3H3. The lowest BCUT2D eigenvalue weighted by molar-refractivity contribution is 0.242. The molecule has 1 aliphatic rings. The minimum atomic E-state index is 0.216. The lowest BCUT2D eigenvalue weighted by Gasteiger charge is -2.20. The van der Waals surface area contributed by atoms with Crippen LogP contribution < -0.4 is 10.1 Å². The number of thiophene rings is 1. The largest absolute Gasteiger partial charge is 0.491 e. The van der Waals surface area contributed by atoms with Crippen molar-refractivity contribution in [2.24, 2.45) is 5.92 Å². The maximum Gasteiger partial charge on any atom is 0.120 e. The van der Waals surface area contributed by atoms with Gasteiger partial charge in [-0.2, -0.15) is 0 Å². The Labute approximate surface area is 131 Å². The smallest absolute Gasteiger partial charge is 0.120 e. The van der Waals surface area contributed by atoms with Gasteiger partial charge in [0.2, 0.25) is 0 Å². The van der Waals surface area contributed by atoms with Gasteiger partial charge in [0.1, 0.15) is 5.75 Å². The molecule has 0 radical (unpaired) electrons. The van der Waals surface area contributed by atoms with Gasteiger partial charge in [-0.1, -0.05) is 6.07 Å². The Morgan fingerprint density at radius 1 is 1.24 bits per heavy atom. The molecule has 1 aromatic heterocycles. The lowest BCUT2D eigenvalue weighted by atomic mass is 10.1. The van der Waals surface area contributed by atoms with Crippen molar-refractivity contribution in [2.75, 3.05) is 5.32 Å². The van der Waals surface area contributed by atoms with Crippen molar-refractivity contribution in [3.8, 4) is 5.75 Å². The molecule has 2 nitrogen and oxygen atoms in total. The fourth-order valence-corrected chi connectivity index (χ4v) is 3.50. The topological polar surface area (TPSA) is 21.3 Å². The highest BCUT2D eigenvalue weighted by molar-refractivity contribution is 7.10. The first-order chi connectivity index (χ1) is 10.1. The highest BCUT2D eigenvalue weighted by Gasteiger charge is 2.33. The maximum atomic E-state index is 5.76. The fraction of sp³-hybridized carbons (Fsp3) is 0.444. The molecule has 1 saturated carbocycles.